The summed E-state index contributed by atoms with van der Waals surface area (Å²) in [5.74, 6) is 0.761. The normalized spacial score (nSPS) is 17.1. The number of nitrogens with one attached hydrogen (secondary N) is 1. The lowest BCUT2D eigenvalue weighted by molar-refractivity contribution is -0.140. The predicted octanol–water partition coefficient (Wildman–Crippen LogP) is 3.66. The molecule has 9 heteroatoms. The molecule has 3 rings (SSSR count). The van der Waals surface area contributed by atoms with Crippen LogP contribution in [-0.2, 0) is 10.9 Å². The lowest BCUT2D eigenvalue weighted by Crippen LogP contribution is -2.41. The van der Waals surface area contributed by atoms with E-state index < -0.39 is 11.9 Å². The van der Waals surface area contributed by atoms with Gasteiger partial charge in [0.15, 0.2) is 10.8 Å². The Bertz CT molecular complexity index is 700. The molecule has 1 aliphatic rings. The maximum Gasteiger partial charge on any atom is 0.434 e. The Morgan fingerprint density at radius 1 is 1.27 bits per heavy atom. The smallest absolute Gasteiger partial charge is 0.434 e. The number of rotatable bonds is 6. The molecule has 1 fully saturated rings. The summed E-state index contributed by atoms with van der Waals surface area (Å²) in [5.41, 5.74) is 0.199. The van der Waals surface area contributed by atoms with Gasteiger partial charge in [0, 0.05) is 25.0 Å². The molecule has 26 heavy (non-hydrogen) atoms. The monoisotopic (exact) mass is 387 g/mol. The summed E-state index contributed by atoms with van der Waals surface area (Å²) in [6, 6.07) is 7.72. The third-order valence-corrected chi connectivity index (χ3v) is 5.03. The molecule has 0 unspecified atom stereocenters. The van der Waals surface area contributed by atoms with Crippen molar-refractivity contribution in [3.05, 3.63) is 40.9 Å². The van der Waals surface area contributed by atoms with Crippen LogP contribution in [0.4, 0.5) is 18.3 Å². The first kappa shape index (κ1) is 18.9. The van der Waals surface area contributed by atoms with E-state index in [-0.39, 0.29) is 11.2 Å². The molecule has 0 spiro atoms. The second-order valence-electron chi connectivity index (χ2n) is 5.85. The standard InChI is InChI=1S/C17H20F3N3O2S/c1-24-13-4-2-12(3-5-13)14(23-6-8-25-9-7-23)10-21-16-22-15(11-26-16)17(18,19)20/h2-5,11,14H,6-10H2,1H3,(H,21,22)/t14-/m1/s1. The van der Waals surface area contributed by atoms with Gasteiger partial charge in [-0.2, -0.15) is 13.2 Å². The van der Waals surface area contributed by atoms with E-state index in [9.17, 15) is 13.2 Å². The van der Waals surface area contributed by atoms with E-state index in [4.69, 9.17) is 9.47 Å². The average Bonchev–Trinajstić information content (AvgIpc) is 3.13. The molecule has 1 N–H and O–H groups in total. The van der Waals surface area contributed by atoms with E-state index in [1.807, 2.05) is 24.3 Å². The zero-order valence-corrected chi connectivity index (χ0v) is 15.1. The molecule has 2 aromatic rings. The molecule has 1 aromatic carbocycles. The van der Waals surface area contributed by atoms with Gasteiger partial charge < -0.3 is 14.8 Å². The number of thiazole rings is 1. The van der Waals surface area contributed by atoms with Crippen molar-refractivity contribution < 1.29 is 22.6 Å². The number of hydrogen-bond acceptors (Lipinski definition) is 6. The zero-order chi connectivity index (χ0) is 18.6. The summed E-state index contributed by atoms with van der Waals surface area (Å²) in [6.07, 6.45) is -4.42. The van der Waals surface area contributed by atoms with E-state index in [0.717, 1.165) is 41.1 Å². The molecule has 0 saturated carbocycles. The second kappa shape index (κ2) is 8.24. The number of alkyl halides is 3. The number of halogens is 3. The van der Waals surface area contributed by atoms with Gasteiger partial charge in [-0.15, -0.1) is 11.3 Å². The van der Waals surface area contributed by atoms with Gasteiger partial charge in [-0.3, -0.25) is 4.90 Å². The van der Waals surface area contributed by atoms with Crippen LogP contribution in [0.2, 0.25) is 0 Å². The molecule has 2 heterocycles. The van der Waals surface area contributed by atoms with Crippen LogP contribution in [-0.4, -0.2) is 49.8 Å². The minimum absolute atomic E-state index is 0.00282. The van der Waals surface area contributed by atoms with Crippen LogP contribution in [0.15, 0.2) is 29.6 Å². The van der Waals surface area contributed by atoms with Crippen LogP contribution < -0.4 is 10.1 Å². The van der Waals surface area contributed by atoms with Crippen LogP contribution in [0.1, 0.15) is 17.3 Å². The fraction of sp³-hybridized carbons (Fsp3) is 0.471. The minimum atomic E-state index is -4.42. The zero-order valence-electron chi connectivity index (χ0n) is 14.3. The fourth-order valence-electron chi connectivity index (χ4n) is 2.84. The highest BCUT2D eigenvalue weighted by atomic mass is 32.1. The number of ether oxygens (including phenoxy) is 2. The number of aromatic nitrogens is 1. The number of nitrogens with zero attached hydrogens (tertiary/aromatic N) is 2. The largest absolute Gasteiger partial charge is 0.497 e. The Labute approximate surface area is 153 Å². The summed E-state index contributed by atoms with van der Waals surface area (Å²) in [4.78, 5) is 5.90. The van der Waals surface area contributed by atoms with Crippen LogP contribution in [0.3, 0.4) is 0 Å². The van der Waals surface area contributed by atoms with Gasteiger partial charge in [-0.1, -0.05) is 12.1 Å². The van der Waals surface area contributed by atoms with Crippen molar-refractivity contribution in [3.63, 3.8) is 0 Å². The molecule has 0 aliphatic carbocycles. The molecule has 1 atom stereocenters. The summed E-state index contributed by atoms with van der Waals surface area (Å²) in [5, 5.41) is 4.35. The van der Waals surface area contributed by atoms with Crippen LogP contribution in [0.25, 0.3) is 0 Å². The SMILES string of the molecule is COc1ccc([C@@H](CNc2nc(C(F)(F)F)cs2)N2CCOCC2)cc1. The van der Waals surface area contributed by atoms with E-state index in [1.165, 1.54) is 0 Å². The van der Waals surface area contributed by atoms with E-state index in [1.54, 1.807) is 7.11 Å². The van der Waals surface area contributed by atoms with Gasteiger partial charge in [0.2, 0.25) is 0 Å². The predicted molar refractivity (Wildman–Crippen MR) is 93.7 cm³/mol. The highest BCUT2D eigenvalue weighted by Gasteiger charge is 2.34. The third kappa shape index (κ3) is 4.66. The maximum atomic E-state index is 12.7. The number of morpholine rings is 1. The quantitative estimate of drug-likeness (QED) is 0.820. The summed E-state index contributed by atoms with van der Waals surface area (Å²) >= 11 is 0.961. The third-order valence-electron chi connectivity index (χ3n) is 4.23. The molecule has 0 radical (unpaired) electrons. The molecule has 1 aliphatic heterocycles. The molecule has 142 valence electrons. The topological polar surface area (TPSA) is 46.6 Å². The van der Waals surface area contributed by atoms with Crippen molar-refractivity contribution in [2.45, 2.75) is 12.2 Å². The summed E-state index contributed by atoms with van der Waals surface area (Å²) < 4.78 is 48.7. The fourth-order valence-corrected chi connectivity index (χ4v) is 3.57. The minimum Gasteiger partial charge on any atom is -0.497 e. The second-order valence-corrected chi connectivity index (χ2v) is 6.71. The first-order chi connectivity index (χ1) is 12.5. The van der Waals surface area contributed by atoms with Crippen LogP contribution in [0, 0.1) is 0 Å². The molecule has 5 nitrogen and oxygen atoms in total. The Hall–Kier alpha value is -1.84. The Morgan fingerprint density at radius 3 is 2.54 bits per heavy atom. The van der Waals surface area contributed by atoms with Crippen molar-refractivity contribution >= 4 is 16.5 Å². The molecule has 1 saturated heterocycles. The van der Waals surface area contributed by atoms with Crippen LogP contribution in [0.5, 0.6) is 5.75 Å². The molecular weight excluding hydrogens is 367 g/mol. The highest BCUT2D eigenvalue weighted by molar-refractivity contribution is 7.13. The van der Waals surface area contributed by atoms with Gasteiger partial charge in [-0.25, -0.2) is 4.98 Å². The van der Waals surface area contributed by atoms with Crippen molar-refractivity contribution in [3.8, 4) is 5.75 Å². The number of methoxy groups -OCH3 is 1. The van der Waals surface area contributed by atoms with Gasteiger partial charge >= 0.3 is 6.18 Å². The Balaban J connectivity index is 1.73. The van der Waals surface area contributed by atoms with Crippen LogP contribution >= 0.6 is 11.3 Å². The maximum absolute atomic E-state index is 12.7. The summed E-state index contributed by atoms with van der Waals surface area (Å²) in [6.45, 7) is 3.27. The van der Waals surface area contributed by atoms with Crippen molar-refractivity contribution in [1.29, 1.82) is 0 Å². The van der Waals surface area contributed by atoms with Crippen molar-refractivity contribution in [2.75, 3.05) is 45.3 Å². The lowest BCUT2D eigenvalue weighted by Gasteiger charge is -2.35. The van der Waals surface area contributed by atoms with Crippen molar-refractivity contribution in [2.24, 2.45) is 0 Å². The van der Waals surface area contributed by atoms with Gasteiger partial charge in [0.25, 0.3) is 0 Å². The Kier molecular flexibility index (Phi) is 6.00. The van der Waals surface area contributed by atoms with Gasteiger partial charge in [-0.05, 0) is 17.7 Å². The number of hydrogen-bond donors (Lipinski definition) is 1. The lowest BCUT2D eigenvalue weighted by atomic mass is 10.0. The van der Waals surface area contributed by atoms with E-state index >= 15 is 0 Å². The number of anilines is 1. The molecule has 1 aromatic heterocycles. The molecular formula is C17H20F3N3O2S. The summed E-state index contributed by atoms with van der Waals surface area (Å²) in [7, 11) is 1.61. The number of benzene rings is 1. The van der Waals surface area contributed by atoms with E-state index in [0.29, 0.717) is 19.8 Å². The Morgan fingerprint density at radius 2 is 1.96 bits per heavy atom. The van der Waals surface area contributed by atoms with Gasteiger partial charge in [0.05, 0.1) is 26.4 Å². The van der Waals surface area contributed by atoms with E-state index in [2.05, 4.69) is 15.2 Å². The molecule has 0 amide bonds. The first-order valence-electron chi connectivity index (χ1n) is 8.19. The molecule has 0 bridgehead atoms. The highest BCUT2D eigenvalue weighted by Crippen LogP contribution is 2.32. The van der Waals surface area contributed by atoms with Crippen molar-refractivity contribution in [1.82, 2.24) is 9.88 Å². The average molecular weight is 387 g/mol. The van der Waals surface area contributed by atoms with Gasteiger partial charge in [0.1, 0.15) is 5.75 Å². The first-order valence-corrected chi connectivity index (χ1v) is 9.07.